The molecule has 0 radical (unpaired) electrons. The summed E-state index contributed by atoms with van der Waals surface area (Å²) in [5.74, 6) is 1.58. The minimum atomic E-state index is 0.199. The maximum atomic E-state index is 2.68. The van der Waals surface area contributed by atoms with Crippen molar-refractivity contribution in [3.8, 4) is 0 Å². The summed E-state index contributed by atoms with van der Waals surface area (Å²) in [6.45, 7) is 4.68. The van der Waals surface area contributed by atoms with Crippen LogP contribution in [-0.2, 0) is 0 Å². The fourth-order valence-corrected chi connectivity index (χ4v) is 7.76. The molecule has 2 aliphatic carbocycles. The first-order valence-electron chi connectivity index (χ1n) is 13.3. The Labute approximate surface area is 200 Å². The summed E-state index contributed by atoms with van der Waals surface area (Å²) >= 11 is 0. The molecule has 2 aliphatic heterocycles. The largest absolute Gasteiger partial charge is 0.324 e. The molecule has 2 saturated carbocycles. The first-order valence-corrected chi connectivity index (χ1v) is 13.3. The number of para-hydroxylation sites is 1. The summed E-state index contributed by atoms with van der Waals surface area (Å²) in [4.78, 5) is 5.32. The van der Waals surface area contributed by atoms with E-state index in [-0.39, 0.29) is 11.6 Å². The van der Waals surface area contributed by atoms with Gasteiger partial charge in [0, 0.05) is 28.7 Å². The highest BCUT2D eigenvalue weighted by atomic mass is 15.4. The van der Waals surface area contributed by atoms with Gasteiger partial charge in [0.2, 0.25) is 0 Å². The number of fused-ring (bicyclic) bond motifs is 1. The Hall–Kier alpha value is -2.48. The fraction of sp³-hybridized carbons (Fsp3) is 0.484. The van der Waals surface area contributed by atoms with Gasteiger partial charge in [-0.25, -0.2) is 0 Å². The van der Waals surface area contributed by atoms with E-state index in [9.17, 15) is 0 Å². The Morgan fingerprint density at radius 1 is 0.727 bits per heavy atom. The maximum Gasteiger partial charge on any atom is 0.136 e. The first-order chi connectivity index (χ1) is 16.2. The standard InChI is InChI=1S/C31H38N2/c1-23-13-9-12-20-28(23)33-24(2)29-31(27-18-10-11-19-27,26-16-7-4-8-17-26)21-22-32(29)30(33)25-14-5-3-6-15-25/h3,5-6,9,12-15,20-22,26-27,30H,4,7-8,10-11,16-19H2,1-2H3. The van der Waals surface area contributed by atoms with Crippen molar-refractivity contribution in [2.75, 3.05) is 4.90 Å². The Morgan fingerprint density at radius 3 is 2.00 bits per heavy atom. The molecule has 0 saturated heterocycles. The minimum Gasteiger partial charge on any atom is -0.324 e. The highest BCUT2D eigenvalue weighted by Gasteiger charge is 2.56. The number of aryl methyl sites for hydroxylation is 1. The van der Waals surface area contributed by atoms with Crippen LogP contribution >= 0.6 is 0 Å². The van der Waals surface area contributed by atoms with Gasteiger partial charge in [0.1, 0.15) is 6.17 Å². The predicted octanol–water partition coefficient (Wildman–Crippen LogP) is 8.33. The molecule has 2 fully saturated rings. The number of nitrogens with zero attached hydrogens (tertiary/aromatic N) is 2. The van der Waals surface area contributed by atoms with Gasteiger partial charge in [0.05, 0.1) is 0 Å². The van der Waals surface area contributed by atoms with Gasteiger partial charge in [0.25, 0.3) is 0 Å². The fourth-order valence-electron chi connectivity index (χ4n) is 7.76. The molecule has 2 heteroatoms. The van der Waals surface area contributed by atoms with Gasteiger partial charge in [-0.3, -0.25) is 0 Å². The van der Waals surface area contributed by atoms with E-state index in [1.54, 1.807) is 5.70 Å². The van der Waals surface area contributed by atoms with Gasteiger partial charge in [-0.1, -0.05) is 86.7 Å². The lowest BCUT2D eigenvalue weighted by molar-refractivity contribution is 0.120. The van der Waals surface area contributed by atoms with Crippen molar-refractivity contribution in [3.63, 3.8) is 0 Å². The molecule has 33 heavy (non-hydrogen) atoms. The molecule has 2 aromatic rings. The van der Waals surface area contributed by atoms with Crippen LogP contribution in [0.3, 0.4) is 0 Å². The van der Waals surface area contributed by atoms with E-state index in [1.165, 1.54) is 80.3 Å². The molecule has 2 atom stereocenters. The van der Waals surface area contributed by atoms with Gasteiger partial charge in [0.15, 0.2) is 0 Å². The molecule has 0 spiro atoms. The summed E-state index contributed by atoms with van der Waals surface area (Å²) in [6.07, 6.45) is 18.0. The molecular formula is C31H38N2. The normalized spacial score (nSPS) is 28.2. The van der Waals surface area contributed by atoms with Gasteiger partial charge in [-0.2, -0.15) is 0 Å². The van der Waals surface area contributed by atoms with Crippen molar-refractivity contribution >= 4 is 5.69 Å². The predicted molar refractivity (Wildman–Crippen MR) is 137 cm³/mol. The molecule has 0 amide bonds. The molecule has 6 rings (SSSR count). The van der Waals surface area contributed by atoms with Gasteiger partial charge in [-0.15, -0.1) is 0 Å². The molecule has 4 aliphatic rings. The van der Waals surface area contributed by atoms with E-state index in [0.29, 0.717) is 0 Å². The number of hydrogen-bond acceptors (Lipinski definition) is 2. The topological polar surface area (TPSA) is 6.48 Å². The third-order valence-electron chi connectivity index (χ3n) is 9.18. The van der Waals surface area contributed by atoms with E-state index in [0.717, 1.165) is 11.8 Å². The lowest BCUT2D eigenvalue weighted by Gasteiger charge is -2.45. The molecule has 2 nitrogen and oxygen atoms in total. The van der Waals surface area contributed by atoms with E-state index < -0.39 is 0 Å². The van der Waals surface area contributed by atoms with Crippen LogP contribution in [0.1, 0.15) is 82.0 Å². The van der Waals surface area contributed by atoms with Crippen molar-refractivity contribution in [1.29, 1.82) is 0 Å². The highest BCUT2D eigenvalue weighted by Crippen LogP contribution is 2.63. The molecule has 0 N–H and O–H groups in total. The average Bonchev–Trinajstić information content (AvgIpc) is 3.58. The third-order valence-corrected chi connectivity index (χ3v) is 9.18. The van der Waals surface area contributed by atoms with Gasteiger partial charge >= 0.3 is 0 Å². The maximum absolute atomic E-state index is 2.68. The molecule has 2 heterocycles. The van der Waals surface area contributed by atoms with E-state index >= 15 is 0 Å². The zero-order chi connectivity index (χ0) is 22.4. The van der Waals surface area contributed by atoms with Crippen molar-refractivity contribution in [3.05, 3.63) is 89.4 Å². The summed E-state index contributed by atoms with van der Waals surface area (Å²) in [5, 5.41) is 0. The van der Waals surface area contributed by atoms with Crippen LogP contribution in [0, 0.1) is 24.2 Å². The van der Waals surface area contributed by atoms with Gasteiger partial charge in [-0.05, 0) is 68.6 Å². The third kappa shape index (κ3) is 3.21. The van der Waals surface area contributed by atoms with Crippen LogP contribution in [0.4, 0.5) is 5.69 Å². The second kappa shape index (κ2) is 8.38. The Morgan fingerprint density at radius 2 is 1.33 bits per heavy atom. The summed E-state index contributed by atoms with van der Waals surface area (Å²) < 4.78 is 0. The first kappa shape index (κ1) is 21.1. The Kier molecular flexibility index (Phi) is 5.35. The lowest BCUT2D eigenvalue weighted by atomic mass is 9.60. The smallest absolute Gasteiger partial charge is 0.136 e. The van der Waals surface area contributed by atoms with Crippen LogP contribution < -0.4 is 4.90 Å². The second-order valence-corrected chi connectivity index (χ2v) is 10.8. The summed E-state index contributed by atoms with van der Waals surface area (Å²) in [7, 11) is 0. The summed E-state index contributed by atoms with van der Waals surface area (Å²) in [5.41, 5.74) is 7.39. The lowest BCUT2D eigenvalue weighted by Crippen LogP contribution is -2.39. The highest BCUT2D eigenvalue weighted by molar-refractivity contribution is 5.64. The van der Waals surface area contributed by atoms with Crippen LogP contribution in [0.15, 0.2) is 78.3 Å². The molecule has 2 unspecified atom stereocenters. The van der Waals surface area contributed by atoms with Gasteiger partial charge < -0.3 is 9.80 Å². The molecular weight excluding hydrogens is 400 g/mol. The number of hydrogen-bond donors (Lipinski definition) is 0. The molecule has 0 aromatic heterocycles. The van der Waals surface area contributed by atoms with Crippen molar-refractivity contribution in [2.24, 2.45) is 17.3 Å². The molecule has 2 aromatic carbocycles. The number of anilines is 1. The van der Waals surface area contributed by atoms with Crippen LogP contribution in [0.2, 0.25) is 0 Å². The minimum absolute atomic E-state index is 0.199. The van der Waals surface area contributed by atoms with Crippen molar-refractivity contribution in [2.45, 2.75) is 77.8 Å². The average molecular weight is 439 g/mol. The monoisotopic (exact) mass is 438 g/mol. The SMILES string of the molecule is CC1=C2N(C=CC2(C2CCCCC2)C2CCCC2)C(c2ccccc2)N1c1ccccc1C. The Bertz CT molecular complexity index is 1060. The number of benzene rings is 2. The number of rotatable bonds is 4. The zero-order valence-electron chi connectivity index (χ0n) is 20.3. The van der Waals surface area contributed by atoms with E-state index in [2.05, 4.69) is 90.5 Å². The van der Waals surface area contributed by atoms with Crippen molar-refractivity contribution < 1.29 is 0 Å². The second-order valence-electron chi connectivity index (χ2n) is 10.8. The summed E-state index contributed by atoms with van der Waals surface area (Å²) in [6, 6.07) is 20.1. The van der Waals surface area contributed by atoms with E-state index in [1.807, 2.05) is 0 Å². The van der Waals surface area contributed by atoms with E-state index in [4.69, 9.17) is 0 Å². The van der Waals surface area contributed by atoms with Crippen LogP contribution in [0.5, 0.6) is 0 Å². The van der Waals surface area contributed by atoms with Crippen LogP contribution in [0.25, 0.3) is 0 Å². The molecule has 172 valence electrons. The zero-order valence-corrected chi connectivity index (χ0v) is 20.3. The Balaban J connectivity index is 1.54. The quantitative estimate of drug-likeness (QED) is 0.473. The molecule has 0 bridgehead atoms. The number of allylic oxidation sites excluding steroid dienone is 2. The van der Waals surface area contributed by atoms with Crippen molar-refractivity contribution in [1.82, 2.24) is 4.90 Å². The van der Waals surface area contributed by atoms with Crippen LogP contribution in [-0.4, -0.2) is 4.90 Å².